The lowest BCUT2D eigenvalue weighted by Gasteiger charge is -2.15. The summed E-state index contributed by atoms with van der Waals surface area (Å²) in [5.41, 5.74) is 5.52. The van der Waals surface area contributed by atoms with E-state index in [1.54, 1.807) is 0 Å². The van der Waals surface area contributed by atoms with E-state index in [0.29, 0.717) is 12.5 Å². The van der Waals surface area contributed by atoms with Gasteiger partial charge in [0.1, 0.15) is 0 Å². The molecule has 1 saturated carbocycles. The van der Waals surface area contributed by atoms with Gasteiger partial charge in [-0.3, -0.25) is 4.79 Å². The number of benzene rings is 1. The molecule has 1 aromatic rings. The van der Waals surface area contributed by atoms with Gasteiger partial charge < -0.3 is 16.0 Å². The molecule has 1 heterocycles. The van der Waals surface area contributed by atoms with Gasteiger partial charge in [-0.15, -0.1) is 0 Å². The largest absolute Gasteiger partial charge is 0.398 e. The third-order valence-corrected chi connectivity index (χ3v) is 4.27. The number of nitrogens with zero attached hydrogens (tertiary/aromatic N) is 1. The summed E-state index contributed by atoms with van der Waals surface area (Å²) in [7, 11) is 0. The first-order valence-electron chi connectivity index (χ1n) is 7.31. The average molecular weight is 295 g/mol. The van der Waals surface area contributed by atoms with Crippen LogP contribution in [0.1, 0.15) is 29.6 Å². The number of carbonyl (C=O) groups excluding carboxylic acids is 1. The number of halogens is 2. The van der Waals surface area contributed by atoms with Crippen molar-refractivity contribution >= 4 is 11.6 Å². The SMILES string of the molecule is Nc1cc(F)c(F)cc1C(=O)NCC1CCN(C2CC2)C1. The quantitative estimate of drug-likeness (QED) is 0.832. The minimum Gasteiger partial charge on any atom is -0.398 e. The molecule has 1 atom stereocenters. The fourth-order valence-corrected chi connectivity index (χ4v) is 2.89. The molecule has 3 N–H and O–H groups in total. The molecule has 1 aliphatic heterocycles. The maximum absolute atomic E-state index is 13.2. The van der Waals surface area contributed by atoms with E-state index in [2.05, 4.69) is 10.2 Å². The van der Waals surface area contributed by atoms with Crippen molar-refractivity contribution in [3.63, 3.8) is 0 Å². The highest BCUT2D eigenvalue weighted by molar-refractivity contribution is 5.99. The summed E-state index contributed by atoms with van der Waals surface area (Å²) in [4.78, 5) is 14.5. The molecular formula is C15H19F2N3O. The number of hydrogen-bond acceptors (Lipinski definition) is 3. The van der Waals surface area contributed by atoms with Gasteiger partial charge in [-0.05, 0) is 37.8 Å². The van der Waals surface area contributed by atoms with Gasteiger partial charge in [0.15, 0.2) is 11.6 Å². The molecule has 0 radical (unpaired) electrons. The molecule has 2 fully saturated rings. The topological polar surface area (TPSA) is 58.4 Å². The van der Waals surface area contributed by atoms with Crippen LogP contribution >= 0.6 is 0 Å². The Morgan fingerprint density at radius 2 is 2.00 bits per heavy atom. The van der Waals surface area contributed by atoms with Gasteiger partial charge in [-0.1, -0.05) is 0 Å². The van der Waals surface area contributed by atoms with E-state index in [1.807, 2.05) is 0 Å². The van der Waals surface area contributed by atoms with Crippen LogP contribution in [0.3, 0.4) is 0 Å². The predicted octanol–water partition coefficient (Wildman–Crippen LogP) is 1.76. The van der Waals surface area contributed by atoms with Gasteiger partial charge in [0.05, 0.1) is 5.56 Å². The summed E-state index contributed by atoms with van der Waals surface area (Å²) >= 11 is 0. The zero-order valence-corrected chi connectivity index (χ0v) is 11.7. The molecule has 1 saturated heterocycles. The molecule has 4 nitrogen and oxygen atoms in total. The summed E-state index contributed by atoms with van der Waals surface area (Å²) in [6.07, 6.45) is 3.62. The smallest absolute Gasteiger partial charge is 0.253 e. The number of amides is 1. The summed E-state index contributed by atoms with van der Waals surface area (Å²) in [6.45, 7) is 2.62. The predicted molar refractivity (Wildman–Crippen MR) is 75.8 cm³/mol. The van der Waals surface area contributed by atoms with Crippen molar-refractivity contribution < 1.29 is 13.6 Å². The summed E-state index contributed by atoms with van der Waals surface area (Å²) < 4.78 is 26.2. The lowest BCUT2D eigenvalue weighted by molar-refractivity contribution is 0.0947. The number of nitrogens with two attached hydrogens (primary N) is 1. The molecule has 6 heteroatoms. The second kappa shape index (κ2) is 5.60. The Labute approximate surface area is 122 Å². The lowest BCUT2D eigenvalue weighted by atomic mass is 10.1. The Hall–Kier alpha value is -1.69. The van der Waals surface area contributed by atoms with Crippen molar-refractivity contribution in [1.82, 2.24) is 10.2 Å². The van der Waals surface area contributed by atoms with Crippen molar-refractivity contribution in [3.8, 4) is 0 Å². The highest BCUT2D eigenvalue weighted by Crippen LogP contribution is 2.31. The highest BCUT2D eigenvalue weighted by atomic mass is 19.2. The Bertz CT molecular complexity index is 560. The standard InChI is InChI=1S/C15H19F2N3O/c16-12-5-11(14(18)6-13(12)17)15(21)19-7-9-3-4-20(8-9)10-1-2-10/h5-6,9-10H,1-4,7-8,18H2,(H,19,21). The zero-order valence-electron chi connectivity index (χ0n) is 11.7. The van der Waals surface area contributed by atoms with Crippen molar-refractivity contribution in [1.29, 1.82) is 0 Å². The van der Waals surface area contributed by atoms with Crippen LogP contribution in [0.25, 0.3) is 0 Å². The van der Waals surface area contributed by atoms with E-state index in [4.69, 9.17) is 5.73 Å². The second-order valence-corrected chi connectivity index (χ2v) is 5.94. The molecule has 0 spiro atoms. The van der Waals surface area contributed by atoms with E-state index in [9.17, 15) is 13.6 Å². The summed E-state index contributed by atoms with van der Waals surface area (Å²) in [6, 6.07) is 2.44. The van der Waals surface area contributed by atoms with Crippen LogP contribution in [0, 0.1) is 17.6 Å². The van der Waals surface area contributed by atoms with Crippen LogP contribution in [0.2, 0.25) is 0 Å². The molecule has 1 aromatic carbocycles. The second-order valence-electron chi connectivity index (χ2n) is 5.94. The third kappa shape index (κ3) is 3.15. The normalized spacial score (nSPS) is 22.5. The average Bonchev–Trinajstić information content (AvgIpc) is 3.19. The van der Waals surface area contributed by atoms with Crippen molar-refractivity contribution in [2.75, 3.05) is 25.4 Å². The van der Waals surface area contributed by atoms with Gasteiger partial charge in [-0.25, -0.2) is 8.78 Å². The van der Waals surface area contributed by atoms with Crippen LogP contribution in [-0.4, -0.2) is 36.5 Å². The van der Waals surface area contributed by atoms with Gasteiger partial charge in [0.2, 0.25) is 0 Å². The molecule has 114 valence electrons. The van der Waals surface area contributed by atoms with Crippen molar-refractivity contribution in [2.24, 2.45) is 5.92 Å². The lowest BCUT2D eigenvalue weighted by Crippen LogP contribution is -2.32. The Balaban J connectivity index is 1.55. The van der Waals surface area contributed by atoms with Gasteiger partial charge in [-0.2, -0.15) is 0 Å². The molecule has 21 heavy (non-hydrogen) atoms. The number of rotatable bonds is 4. The number of likely N-dealkylation sites (tertiary alicyclic amines) is 1. The fraction of sp³-hybridized carbons (Fsp3) is 0.533. The van der Waals surface area contributed by atoms with Crippen LogP contribution in [0.5, 0.6) is 0 Å². The van der Waals surface area contributed by atoms with E-state index >= 15 is 0 Å². The van der Waals surface area contributed by atoms with E-state index in [0.717, 1.165) is 37.7 Å². The molecule has 1 amide bonds. The first-order chi connectivity index (χ1) is 10.0. The Kier molecular flexibility index (Phi) is 3.80. The Morgan fingerprint density at radius 3 is 2.71 bits per heavy atom. The molecule has 2 aliphatic rings. The molecule has 1 aliphatic carbocycles. The third-order valence-electron chi connectivity index (χ3n) is 4.27. The zero-order chi connectivity index (χ0) is 15.0. The van der Waals surface area contributed by atoms with Gasteiger partial charge in [0.25, 0.3) is 5.91 Å². The minimum absolute atomic E-state index is 0.00838. The monoisotopic (exact) mass is 295 g/mol. The number of nitrogens with one attached hydrogen (secondary N) is 1. The number of hydrogen-bond donors (Lipinski definition) is 2. The molecule has 0 aromatic heterocycles. The Morgan fingerprint density at radius 1 is 1.29 bits per heavy atom. The summed E-state index contributed by atoms with van der Waals surface area (Å²) in [5.74, 6) is -2.13. The number of nitrogen functional groups attached to an aromatic ring is 1. The van der Waals surface area contributed by atoms with Crippen LogP contribution in [0.4, 0.5) is 14.5 Å². The van der Waals surface area contributed by atoms with Crippen LogP contribution in [0.15, 0.2) is 12.1 Å². The first-order valence-corrected chi connectivity index (χ1v) is 7.31. The maximum atomic E-state index is 13.2. The molecule has 1 unspecified atom stereocenters. The van der Waals surface area contributed by atoms with Crippen molar-refractivity contribution in [2.45, 2.75) is 25.3 Å². The molecule has 0 bridgehead atoms. The van der Waals surface area contributed by atoms with E-state index < -0.39 is 17.5 Å². The molecule has 3 rings (SSSR count). The highest BCUT2D eigenvalue weighted by Gasteiger charge is 2.34. The van der Waals surface area contributed by atoms with Crippen molar-refractivity contribution in [3.05, 3.63) is 29.3 Å². The van der Waals surface area contributed by atoms with Crippen LogP contribution in [-0.2, 0) is 0 Å². The first kappa shape index (κ1) is 14.3. The van der Waals surface area contributed by atoms with Gasteiger partial charge >= 0.3 is 0 Å². The fourth-order valence-electron chi connectivity index (χ4n) is 2.89. The maximum Gasteiger partial charge on any atom is 0.253 e. The van der Waals surface area contributed by atoms with Gasteiger partial charge in [0, 0.05) is 30.9 Å². The number of carbonyl (C=O) groups is 1. The minimum atomic E-state index is -1.06. The van der Waals surface area contributed by atoms with E-state index in [1.165, 1.54) is 12.8 Å². The summed E-state index contributed by atoms with van der Waals surface area (Å²) in [5, 5.41) is 2.77. The molecular weight excluding hydrogens is 276 g/mol. The van der Waals surface area contributed by atoms with E-state index in [-0.39, 0.29) is 11.3 Å². The number of anilines is 1. The van der Waals surface area contributed by atoms with Crippen LogP contribution < -0.4 is 11.1 Å².